The van der Waals surface area contributed by atoms with E-state index >= 15 is 0 Å². The van der Waals surface area contributed by atoms with Crippen LogP contribution in [0.15, 0.2) is 18.2 Å². The van der Waals surface area contributed by atoms with Crippen molar-refractivity contribution in [1.29, 1.82) is 0 Å². The predicted octanol–water partition coefficient (Wildman–Crippen LogP) is 4.22. The lowest BCUT2D eigenvalue weighted by molar-refractivity contribution is 0.398. The summed E-state index contributed by atoms with van der Waals surface area (Å²) in [4.78, 5) is 1.36. The maximum atomic E-state index is 5.42. The van der Waals surface area contributed by atoms with Crippen molar-refractivity contribution in [3.05, 3.63) is 23.1 Å². The number of methoxy groups -OCH3 is 2. The predicted molar refractivity (Wildman–Crippen MR) is 73.6 cm³/mol. The maximum Gasteiger partial charge on any atom is 0.131 e. The molecule has 0 unspecified atom stereocenters. The average molecular weight is 250 g/mol. The molecule has 0 aliphatic heterocycles. The number of benzene rings is 1. The molecule has 3 heteroatoms. The van der Waals surface area contributed by atoms with Crippen LogP contribution in [0.25, 0.3) is 10.1 Å². The third-order valence-corrected chi connectivity index (χ3v) is 4.28. The second-order valence-corrected chi connectivity index (χ2v) is 6.19. The zero-order chi connectivity index (χ0) is 12.6. The molecule has 2 nitrogen and oxygen atoms in total. The van der Waals surface area contributed by atoms with Crippen LogP contribution in [0.2, 0.25) is 0 Å². The fourth-order valence-corrected chi connectivity index (χ4v) is 2.90. The SMILES string of the molecule is COc1cc(OC)c2cc(C(C)(C)C)sc2c1. The monoisotopic (exact) mass is 250 g/mol. The highest BCUT2D eigenvalue weighted by Gasteiger charge is 2.18. The van der Waals surface area contributed by atoms with Gasteiger partial charge in [0.25, 0.3) is 0 Å². The molecule has 1 heterocycles. The first-order valence-corrected chi connectivity index (χ1v) is 6.43. The molecule has 2 rings (SSSR count). The molecule has 0 aliphatic rings. The van der Waals surface area contributed by atoms with Gasteiger partial charge in [0.05, 0.1) is 14.2 Å². The Morgan fingerprint density at radius 1 is 1.00 bits per heavy atom. The van der Waals surface area contributed by atoms with Gasteiger partial charge in [0.15, 0.2) is 0 Å². The number of thiophene rings is 1. The minimum Gasteiger partial charge on any atom is -0.497 e. The highest BCUT2D eigenvalue weighted by Crippen LogP contribution is 2.40. The number of ether oxygens (including phenoxy) is 2. The van der Waals surface area contributed by atoms with E-state index in [0.717, 1.165) is 11.5 Å². The van der Waals surface area contributed by atoms with E-state index in [9.17, 15) is 0 Å². The summed E-state index contributed by atoms with van der Waals surface area (Å²) in [6.45, 7) is 6.67. The lowest BCUT2D eigenvalue weighted by atomic mass is 9.94. The van der Waals surface area contributed by atoms with Crippen molar-refractivity contribution in [1.82, 2.24) is 0 Å². The molecule has 0 aliphatic carbocycles. The molecule has 0 amide bonds. The largest absolute Gasteiger partial charge is 0.497 e. The van der Waals surface area contributed by atoms with E-state index in [2.05, 4.69) is 32.9 Å². The summed E-state index contributed by atoms with van der Waals surface area (Å²) in [5.74, 6) is 1.72. The Balaban J connectivity index is 2.67. The van der Waals surface area contributed by atoms with E-state index < -0.39 is 0 Å². The van der Waals surface area contributed by atoms with Gasteiger partial charge in [-0.3, -0.25) is 0 Å². The number of fused-ring (bicyclic) bond motifs is 1. The Kier molecular flexibility index (Phi) is 3.04. The van der Waals surface area contributed by atoms with Gasteiger partial charge in [-0.05, 0) is 17.5 Å². The summed E-state index contributed by atoms with van der Waals surface area (Å²) in [5.41, 5.74) is 0.169. The van der Waals surface area contributed by atoms with E-state index in [1.165, 1.54) is 15.0 Å². The van der Waals surface area contributed by atoms with Gasteiger partial charge in [0.2, 0.25) is 0 Å². The number of rotatable bonds is 2. The average Bonchev–Trinajstić information content (AvgIpc) is 2.70. The van der Waals surface area contributed by atoms with Crippen molar-refractivity contribution in [2.45, 2.75) is 26.2 Å². The normalized spacial score (nSPS) is 11.8. The van der Waals surface area contributed by atoms with E-state index in [1.54, 1.807) is 25.6 Å². The van der Waals surface area contributed by atoms with Crippen LogP contribution in [-0.2, 0) is 5.41 Å². The van der Waals surface area contributed by atoms with Crippen LogP contribution in [-0.4, -0.2) is 14.2 Å². The first-order valence-electron chi connectivity index (χ1n) is 5.62. The Morgan fingerprint density at radius 2 is 1.71 bits per heavy atom. The lowest BCUT2D eigenvalue weighted by Gasteiger charge is -2.14. The molecule has 2 aromatic rings. The summed E-state index contributed by atoms with van der Waals surface area (Å²) in [5, 5.41) is 1.17. The van der Waals surface area contributed by atoms with Crippen LogP contribution in [0, 0.1) is 0 Å². The Hall–Kier alpha value is -1.22. The molecule has 0 radical (unpaired) electrons. The zero-order valence-corrected chi connectivity index (χ0v) is 11.8. The standard InChI is InChI=1S/C14H18O2S/c1-14(2,3)13-8-10-11(16-5)6-9(15-4)7-12(10)17-13/h6-8H,1-5H3. The minimum absolute atomic E-state index is 0.169. The van der Waals surface area contributed by atoms with E-state index in [0.29, 0.717) is 0 Å². The fourth-order valence-electron chi connectivity index (χ4n) is 1.74. The second kappa shape index (κ2) is 4.22. The molecular formula is C14H18O2S. The van der Waals surface area contributed by atoms with Gasteiger partial charge in [-0.2, -0.15) is 0 Å². The summed E-state index contributed by atoms with van der Waals surface area (Å²) in [6, 6.07) is 6.22. The summed E-state index contributed by atoms with van der Waals surface area (Å²) < 4.78 is 11.9. The molecule has 92 valence electrons. The van der Waals surface area contributed by atoms with Crippen LogP contribution >= 0.6 is 11.3 Å². The minimum atomic E-state index is 0.169. The van der Waals surface area contributed by atoms with Gasteiger partial charge in [-0.1, -0.05) is 20.8 Å². The molecule has 0 spiro atoms. The Labute approximate surface area is 106 Å². The van der Waals surface area contributed by atoms with Gasteiger partial charge in [0.1, 0.15) is 11.5 Å². The molecule has 1 aromatic heterocycles. The molecular weight excluding hydrogens is 232 g/mol. The zero-order valence-electron chi connectivity index (χ0n) is 11.0. The van der Waals surface area contributed by atoms with Crippen molar-refractivity contribution in [3.8, 4) is 11.5 Å². The quantitative estimate of drug-likeness (QED) is 0.794. The van der Waals surface area contributed by atoms with Gasteiger partial charge in [-0.15, -0.1) is 11.3 Å². The first kappa shape index (κ1) is 12.2. The van der Waals surface area contributed by atoms with Crippen molar-refractivity contribution >= 4 is 21.4 Å². The highest BCUT2D eigenvalue weighted by molar-refractivity contribution is 7.19. The van der Waals surface area contributed by atoms with Crippen LogP contribution < -0.4 is 9.47 Å². The van der Waals surface area contributed by atoms with Gasteiger partial charge in [-0.25, -0.2) is 0 Å². The van der Waals surface area contributed by atoms with E-state index in [-0.39, 0.29) is 5.41 Å². The summed E-state index contributed by atoms with van der Waals surface area (Å²) in [6.07, 6.45) is 0. The van der Waals surface area contributed by atoms with E-state index in [4.69, 9.17) is 9.47 Å². The molecule has 0 saturated carbocycles. The van der Waals surface area contributed by atoms with Crippen molar-refractivity contribution in [2.24, 2.45) is 0 Å². The smallest absolute Gasteiger partial charge is 0.131 e. The number of hydrogen-bond acceptors (Lipinski definition) is 3. The molecule has 0 atom stereocenters. The van der Waals surface area contributed by atoms with Gasteiger partial charge in [0, 0.05) is 21.0 Å². The van der Waals surface area contributed by atoms with Gasteiger partial charge >= 0.3 is 0 Å². The fraction of sp³-hybridized carbons (Fsp3) is 0.429. The van der Waals surface area contributed by atoms with Crippen LogP contribution in [0.4, 0.5) is 0 Å². The third kappa shape index (κ3) is 2.25. The van der Waals surface area contributed by atoms with E-state index in [1.807, 2.05) is 6.07 Å². The summed E-state index contributed by atoms with van der Waals surface area (Å²) in [7, 11) is 3.38. The molecule has 1 aromatic carbocycles. The topological polar surface area (TPSA) is 18.5 Å². The van der Waals surface area contributed by atoms with Crippen molar-refractivity contribution in [3.63, 3.8) is 0 Å². The second-order valence-electron chi connectivity index (χ2n) is 5.10. The molecule has 0 N–H and O–H groups in total. The molecule has 17 heavy (non-hydrogen) atoms. The maximum absolute atomic E-state index is 5.42. The molecule has 0 saturated heterocycles. The molecule has 0 fully saturated rings. The number of hydrogen-bond donors (Lipinski definition) is 0. The highest BCUT2D eigenvalue weighted by atomic mass is 32.1. The van der Waals surface area contributed by atoms with Crippen LogP contribution in [0.5, 0.6) is 11.5 Å². The first-order chi connectivity index (χ1) is 7.95. The van der Waals surface area contributed by atoms with Crippen molar-refractivity contribution < 1.29 is 9.47 Å². The van der Waals surface area contributed by atoms with Gasteiger partial charge < -0.3 is 9.47 Å². The molecule has 0 bridgehead atoms. The van der Waals surface area contributed by atoms with Crippen LogP contribution in [0.3, 0.4) is 0 Å². The Morgan fingerprint density at radius 3 is 2.24 bits per heavy atom. The third-order valence-electron chi connectivity index (χ3n) is 2.77. The lowest BCUT2D eigenvalue weighted by Crippen LogP contribution is -2.07. The van der Waals surface area contributed by atoms with Crippen molar-refractivity contribution in [2.75, 3.05) is 14.2 Å². The van der Waals surface area contributed by atoms with Crippen LogP contribution in [0.1, 0.15) is 25.6 Å². The Bertz CT molecular complexity index is 535. The summed E-state index contributed by atoms with van der Waals surface area (Å²) >= 11 is 1.80.